The van der Waals surface area contributed by atoms with Crippen LogP contribution in [0.1, 0.15) is 5.69 Å². The van der Waals surface area contributed by atoms with Gasteiger partial charge in [-0.05, 0) is 12.1 Å². The number of nitrogens with zero attached hydrogens (tertiary/aromatic N) is 1. The van der Waals surface area contributed by atoms with E-state index in [9.17, 15) is 0 Å². The average molecular weight is 179 g/mol. The van der Waals surface area contributed by atoms with E-state index in [4.69, 9.17) is 4.74 Å². The minimum absolute atomic E-state index is 0.891. The minimum Gasteiger partial charge on any atom is -0.370 e. The first kappa shape index (κ1) is 8.66. The van der Waals surface area contributed by atoms with Crippen LogP contribution in [0.4, 0.5) is 0 Å². The zero-order valence-corrected chi connectivity index (χ0v) is 7.70. The topological polar surface area (TPSA) is 26.6 Å². The molecule has 3 nitrogen and oxygen atoms in total. The van der Waals surface area contributed by atoms with E-state index in [1.807, 2.05) is 18.3 Å². The van der Waals surface area contributed by atoms with E-state index in [2.05, 4.69) is 11.1 Å². The standard InChI is InChI=1S/C10H14N2O/c1-2-4-11-10(3-1)9-12-5-7-13-8-6-12/h1-4H,5-9H2/p+1. The van der Waals surface area contributed by atoms with Gasteiger partial charge in [0.1, 0.15) is 19.6 Å². The Bertz CT molecular complexity index is 244. The van der Waals surface area contributed by atoms with E-state index in [0.29, 0.717) is 0 Å². The van der Waals surface area contributed by atoms with Crippen LogP contribution in [0, 0.1) is 0 Å². The minimum atomic E-state index is 0.891. The van der Waals surface area contributed by atoms with Crippen molar-refractivity contribution in [3.8, 4) is 0 Å². The van der Waals surface area contributed by atoms with Gasteiger partial charge in [0, 0.05) is 6.20 Å². The van der Waals surface area contributed by atoms with Crippen LogP contribution in [0.15, 0.2) is 24.4 Å². The van der Waals surface area contributed by atoms with Crippen LogP contribution < -0.4 is 4.90 Å². The van der Waals surface area contributed by atoms with Crippen molar-refractivity contribution in [2.45, 2.75) is 6.54 Å². The maximum Gasteiger partial charge on any atom is 0.120 e. The number of morpholine rings is 1. The van der Waals surface area contributed by atoms with Crippen LogP contribution in [-0.4, -0.2) is 31.3 Å². The van der Waals surface area contributed by atoms with Crippen molar-refractivity contribution in [1.29, 1.82) is 0 Å². The third-order valence-corrected chi connectivity index (χ3v) is 2.36. The molecule has 1 aliphatic heterocycles. The van der Waals surface area contributed by atoms with E-state index in [-0.39, 0.29) is 0 Å². The molecule has 0 unspecified atom stereocenters. The lowest BCUT2D eigenvalue weighted by atomic mass is 10.3. The van der Waals surface area contributed by atoms with Gasteiger partial charge in [-0.3, -0.25) is 4.98 Å². The Balaban J connectivity index is 1.90. The van der Waals surface area contributed by atoms with Crippen molar-refractivity contribution < 1.29 is 9.64 Å². The second kappa shape index (κ2) is 4.35. The summed E-state index contributed by atoms with van der Waals surface area (Å²) in [4.78, 5) is 5.89. The van der Waals surface area contributed by atoms with Gasteiger partial charge in [0.15, 0.2) is 0 Å². The molecule has 1 aromatic heterocycles. The largest absolute Gasteiger partial charge is 0.370 e. The third-order valence-electron chi connectivity index (χ3n) is 2.36. The molecule has 1 aliphatic rings. The third kappa shape index (κ3) is 2.50. The average Bonchev–Trinajstić information content (AvgIpc) is 2.21. The number of nitrogens with one attached hydrogen (secondary N) is 1. The first-order valence-corrected chi connectivity index (χ1v) is 4.76. The van der Waals surface area contributed by atoms with Crippen LogP contribution in [0.25, 0.3) is 0 Å². The molecule has 3 heteroatoms. The molecule has 0 saturated carbocycles. The van der Waals surface area contributed by atoms with Crippen molar-refractivity contribution >= 4 is 0 Å². The molecule has 0 bridgehead atoms. The maximum absolute atomic E-state index is 5.30. The lowest BCUT2D eigenvalue weighted by Gasteiger charge is -2.23. The first-order valence-electron chi connectivity index (χ1n) is 4.76. The highest BCUT2D eigenvalue weighted by atomic mass is 16.5. The van der Waals surface area contributed by atoms with Gasteiger partial charge < -0.3 is 9.64 Å². The number of quaternary nitrogens is 1. The fraction of sp³-hybridized carbons (Fsp3) is 0.500. The Morgan fingerprint density at radius 3 is 2.85 bits per heavy atom. The lowest BCUT2D eigenvalue weighted by molar-refractivity contribution is -0.921. The van der Waals surface area contributed by atoms with Crippen molar-refractivity contribution in [1.82, 2.24) is 4.98 Å². The predicted molar refractivity (Wildman–Crippen MR) is 49.5 cm³/mol. The SMILES string of the molecule is c1ccc(C[NH+]2CCOCC2)nc1. The molecule has 13 heavy (non-hydrogen) atoms. The molecule has 0 radical (unpaired) electrons. The fourth-order valence-corrected chi connectivity index (χ4v) is 1.60. The lowest BCUT2D eigenvalue weighted by Crippen LogP contribution is -3.12. The maximum atomic E-state index is 5.30. The van der Waals surface area contributed by atoms with Crippen molar-refractivity contribution in [3.05, 3.63) is 30.1 Å². The van der Waals surface area contributed by atoms with Crippen molar-refractivity contribution in [3.63, 3.8) is 0 Å². The summed E-state index contributed by atoms with van der Waals surface area (Å²) in [7, 11) is 0. The summed E-state index contributed by atoms with van der Waals surface area (Å²) in [6, 6.07) is 6.09. The zero-order chi connectivity index (χ0) is 8.93. The number of pyridine rings is 1. The summed E-state index contributed by atoms with van der Waals surface area (Å²) in [5, 5.41) is 0. The van der Waals surface area contributed by atoms with Crippen LogP contribution in [0.3, 0.4) is 0 Å². The van der Waals surface area contributed by atoms with Gasteiger partial charge in [-0.1, -0.05) is 6.07 Å². The Hall–Kier alpha value is -0.930. The van der Waals surface area contributed by atoms with Crippen LogP contribution in [0.5, 0.6) is 0 Å². The Labute approximate surface area is 78.3 Å². The number of ether oxygens (including phenoxy) is 1. The highest BCUT2D eigenvalue weighted by molar-refractivity contribution is 5.01. The van der Waals surface area contributed by atoms with E-state index >= 15 is 0 Å². The number of aromatic nitrogens is 1. The highest BCUT2D eigenvalue weighted by Crippen LogP contribution is 1.90. The van der Waals surface area contributed by atoms with Crippen LogP contribution in [-0.2, 0) is 11.3 Å². The van der Waals surface area contributed by atoms with Gasteiger partial charge in [-0.25, -0.2) is 0 Å². The summed E-state index contributed by atoms with van der Waals surface area (Å²) < 4.78 is 5.30. The summed E-state index contributed by atoms with van der Waals surface area (Å²) in [5.74, 6) is 0. The number of rotatable bonds is 2. The zero-order valence-electron chi connectivity index (χ0n) is 7.70. The molecule has 0 aliphatic carbocycles. The Morgan fingerprint density at radius 1 is 1.31 bits per heavy atom. The predicted octanol–water partition coefficient (Wildman–Crippen LogP) is -0.503. The molecular weight excluding hydrogens is 164 g/mol. The van der Waals surface area contributed by atoms with Gasteiger partial charge in [-0.2, -0.15) is 0 Å². The molecule has 2 heterocycles. The molecule has 0 spiro atoms. The molecule has 1 aromatic rings. The van der Waals surface area contributed by atoms with Gasteiger partial charge in [0.2, 0.25) is 0 Å². The second-order valence-corrected chi connectivity index (χ2v) is 3.36. The summed E-state index contributed by atoms with van der Waals surface area (Å²) in [6.45, 7) is 5.03. The van der Waals surface area contributed by atoms with E-state index in [0.717, 1.165) is 32.8 Å². The smallest absolute Gasteiger partial charge is 0.120 e. The molecular formula is C10H15N2O+. The second-order valence-electron chi connectivity index (χ2n) is 3.36. The molecule has 1 saturated heterocycles. The normalized spacial score (nSPS) is 18.8. The summed E-state index contributed by atoms with van der Waals surface area (Å²) in [5.41, 5.74) is 1.18. The summed E-state index contributed by atoms with van der Waals surface area (Å²) in [6.07, 6.45) is 1.86. The van der Waals surface area contributed by atoms with Crippen LogP contribution >= 0.6 is 0 Å². The van der Waals surface area contributed by atoms with E-state index < -0.39 is 0 Å². The highest BCUT2D eigenvalue weighted by Gasteiger charge is 2.13. The molecule has 0 amide bonds. The number of hydrogen-bond acceptors (Lipinski definition) is 2. The van der Waals surface area contributed by atoms with Gasteiger partial charge >= 0.3 is 0 Å². The fourth-order valence-electron chi connectivity index (χ4n) is 1.60. The van der Waals surface area contributed by atoms with Gasteiger partial charge in [0.25, 0.3) is 0 Å². The molecule has 0 aromatic carbocycles. The van der Waals surface area contributed by atoms with Crippen LogP contribution in [0.2, 0.25) is 0 Å². The molecule has 1 N–H and O–H groups in total. The summed E-state index contributed by atoms with van der Waals surface area (Å²) >= 11 is 0. The van der Waals surface area contributed by atoms with Crippen molar-refractivity contribution in [2.24, 2.45) is 0 Å². The quantitative estimate of drug-likeness (QED) is 0.662. The molecule has 0 atom stereocenters. The Morgan fingerprint density at radius 2 is 2.15 bits per heavy atom. The monoisotopic (exact) mass is 179 g/mol. The first-order chi connectivity index (χ1) is 6.45. The Kier molecular flexibility index (Phi) is 2.90. The van der Waals surface area contributed by atoms with E-state index in [1.165, 1.54) is 5.69 Å². The molecule has 70 valence electrons. The number of hydrogen-bond donors (Lipinski definition) is 1. The van der Waals surface area contributed by atoms with Gasteiger partial charge in [-0.15, -0.1) is 0 Å². The molecule has 1 fully saturated rings. The molecule has 2 rings (SSSR count). The van der Waals surface area contributed by atoms with Crippen molar-refractivity contribution in [2.75, 3.05) is 26.3 Å². The van der Waals surface area contributed by atoms with Gasteiger partial charge in [0.05, 0.1) is 18.9 Å². The van der Waals surface area contributed by atoms with E-state index in [1.54, 1.807) is 4.90 Å².